The minimum atomic E-state index is -0.392. The third kappa shape index (κ3) is 3.54. The van der Waals surface area contributed by atoms with E-state index in [4.69, 9.17) is 4.74 Å². The SMILES string of the molecule is OC1COCCN(C2CCN(c3ccccc3F)CC2)C1. The number of halogens is 1. The van der Waals surface area contributed by atoms with Crippen LogP contribution in [0.5, 0.6) is 0 Å². The van der Waals surface area contributed by atoms with Gasteiger partial charge in [-0.25, -0.2) is 4.39 Å². The molecule has 3 rings (SSSR count). The molecule has 116 valence electrons. The monoisotopic (exact) mass is 294 g/mol. The molecule has 1 aromatic carbocycles. The van der Waals surface area contributed by atoms with Gasteiger partial charge in [-0.15, -0.1) is 0 Å². The van der Waals surface area contributed by atoms with Crippen molar-refractivity contribution in [1.29, 1.82) is 0 Å². The third-order valence-corrected chi connectivity index (χ3v) is 4.45. The first-order valence-corrected chi connectivity index (χ1v) is 7.73. The van der Waals surface area contributed by atoms with Crippen molar-refractivity contribution in [1.82, 2.24) is 4.90 Å². The molecule has 1 atom stereocenters. The van der Waals surface area contributed by atoms with Gasteiger partial charge in [0.15, 0.2) is 0 Å². The van der Waals surface area contributed by atoms with Crippen LogP contribution in [0.2, 0.25) is 0 Å². The van der Waals surface area contributed by atoms with Crippen molar-refractivity contribution in [3.05, 3.63) is 30.1 Å². The van der Waals surface area contributed by atoms with Gasteiger partial charge in [-0.05, 0) is 25.0 Å². The first-order valence-electron chi connectivity index (χ1n) is 7.73. The molecule has 1 unspecified atom stereocenters. The van der Waals surface area contributed by atoms with Gasteiger partial charge in [-0.3, -0.25) is 4.90 Å². The van der Waals surface area contributed by atoms with E-state index in [0.717, 1.165) is 32.5 Å². The van der Waals surface area contributed by atoms with Crippen LogP contribution in [0.1, 0.15) is 12.8 Å². The molecule has 0 saturated carbocycles. The van der Waals surface area contributed by atoms with Gasteiger partial charge >= 0.3 is 0 Å². The summed E-state index contributed by atoms with van der Waals surface area (Å²) < 4.78 is 19.2. The van der Waals surface area contributed by atoms with Crippen molar-refractivity contribution in [3.8, 4) is 0 Å². The van der Waals surface area contributed by atoms with E-state index in [-0.39, 0.29) is 5.82 Å². The summed E-state index contributed by atoms with van der Waals surface area (Å²) in [6.45, 7) is 4.40. The maximum absolute atomic E-state index is 13.8. The molecule has 0 bridgehead atoms. The number of ether oxygens (including phenoxy) is 1. The Hall–Kier alpha value is -1.17. The molecule has 4 nitrogen and oxygen atoms in total. The molecule has 2 aliphatic rings. The Kier molecular flexibility index (Phi) is 4.73. The second kappa shape index (κ2) is 6.73. The van der Waals surface area contributed by atoms with Crippen LogP contribution in [-0.4, -0.2) is 61.5 Å². The molecule has 0 radical (unpaired) electrons. The summed E-state index contributed by atoms with van der Waals surface area (Å²) in [5, 5.41) is 9.83. The van der Waals surface area contributed by atoms with Gasteiger partial charge in [-0.2, -0.15) is 0 Å². The first kappa shape index (κ1) is 14.8. The van der Waals surface area contributed by atoms with Gasteiger partial charge in [0.05, 0.1) is 25.0 Å². The lowest BCUT2D eigenvalue weighted by molar-refractivity contribution is 0.0534. The highest BCUT2D eigenvalue weighted by atomic mass is 19.1. The molecule has 0 aliphatic carbocycles. The molecule has 0 spiro atoms. The van der Waals surface area contributed by atoms with Crippen LogP contribution in [0, 0.1) is 5.82 Å². The first-order chi connectivity index (χ1) is 10.2. The van der Waals surface area contributed by atoms with Crippen LogP contribution in [-0.2, 0) is 4.74 Å². The van der Waals surface area contributed by atoms with Gasteiger partial charge in [0.25, 0.3) is 0 Å². The van der Waals surface area contributed by atoms with Crippen molar-refractivity contribution >= 4 is 5.69 Å². The minimum Gasteiger partial charge on any atom is -0.389 e. The van der Waals surface area contributed by atoms with Gasteiger partial charge in [0.1, 0.15) is 5.82 Å². The van der Waals surface area contributed by atoms with E-state index in [1.807, 2.05) is 12.1 Å². The number of para-hydroxylation sites is 1. The smallest absolute Gasteiger partial charge is 0.146 e. The molecule has 0 amide bonds. The highest BCUT2D eigenvalue weighted by Gasteiger charge is 2.28. The Bertz CT molecular complexity index is 463. The van der Waals surface area contributed by atoms with E-state index in [2.05, 4.69) is 9.80 Å². The standard InChI is InChI=1S/C16H23FN2O2/c17-15-3-1-2-4-16(15)18-7-5-13(6-8-18)19-9-10-21-12-14(20)11-19/h1-4,13-14,20H,5-12H2. The van der Waals surface area contributed by atoms with Crippen LogP contribution < -0.4 is 4.90 Å². The number of benzene rings is 1. The number of aliphatic hydroxyl groups excluding tert-OH is 1. The molecule has 21 heavy (non-hydrogen) atoms. The van der Waals surface area contributed by atoms with Gasteiger partial charge in [0, 0.05) is 32.2 Å². The van der Waals surface area contributed by atoms with E-state index >= 15 is 0 Å². The molecule has 2 saturated heterocycles. The summed E-state index contributed by atoms with van der Waals surface area (Å²) in [5.41, 5.74) is 0.704. The molecular formula is C16H23FN2O2. The average molecular weight is 294 g/mol. The highest BCUT2D eigenvalue weighted by molar-refractivity contribution is 5.47. The summed E-state index contributed by atoms with van der Waals surface area (Å²) in [7, 11) is 0. The van der Waals surface area contributed by atoms with Crippen molar-refractivity contribution in [2.75, 3.05) is 44.3 Å². The van der Waals surface area contributed by atoms with Crippen LogP contribution in [0.3, 0.4) is 0 Å². The second-order valence-electron chi connectivity index (χ2n) is 5.89. The van der Waals surface area contributed by atoms with Crippen molar-refractivity contribution in [2.24, 2.45) is 0 Å². The number of rotatable bonds is 2. The number of nitrogens with zero attached hydrogens (tertiary/aromatic N) is 2. The molecule has 2 fully saturated rings. The lowest BCUT2D eigenvalue weighted by Crippen LogP contribution is -2.47. The summed E-state index contributed by atoms with van der Waals surface area (Å²) in [4.78, 5) is 4.45. The largest absolute Gasteiger partial charge is 0.389 e. The zero-order chi connectivity index (χ0) is 14.7. The summed E-state index contributed by atoms with van der Waals surface area (Å²) in [6, 6.07) is 7.43. The fourth-order valence-corrected chi connectivity index (χ4v) is 3.33. The van der Waals surface area contributed by atoms with E-state index < -0.39 is 6.10 Å². The normalized spacial score (nSPS) is 25.8. The maximum atomic E-state index is 13.8. The van der Waals surface area contributed by atoms with Crippen LogP contribution in [0.25, 0.3) is 0 Å². The fourth-order valence-electron chi connectivity index (χ4n) is 3.33. The summed E-state index contributed by atoms with van der Waals surface area (Å²) in [6.07, 6.45) is 1.61. The van der Waals surface area contributed by atoms with Crippen LogP contribution in [0.4, 0.5) is 10.1 Å². The molecule has 0 aromatic heterocycles. The van der Waals surface area contributed by atoms with Gasteiger partial charge in [-0.1, -0.05) is 12.1 Å². The number of β-amino-alcohol motifs (C(OH)–C–C–N with tert-alkyl or cyclic N) is 1. The van der Waals surface area contributed by atoms with Gasteiger partial charge in [0.2, 0.25) is 0 Å². The molecule has 5 heteroatoms. The quantitative estimate of drug-likeness (QED) is 0.896. The predicted molar refractivity (Wildman–Crippen MR) is 80.0 cm³/mol. The average Bonchev–Trinajstić information content (AvgIpc) is 2.73. The Morgan fingerprint density at radius 2 is 1.90 bits per heavy atom. The molecule has 2 aliphatic heterocycles. The Morgan fingerprint density at radius 3 is 2.67 bits per heavy atom. The molecule has 1 aromatic rings. The number of anilines is 1. The van der Waals surface area contributed by atoms with Crippen molar-refractivity contribution in [3.63, 3.8) is 0 Å². The predicted octanol–water partition coefficient (Wildman–Crippen LogP) is 1.49. The second-order valence-corrected chi connectivity index (χ2v) is 5.89. The third-order valence-electron chi connectivity index (χ3n) is 4.45. The Balaban J connectivity index is 1.58. The van der Waals surface area contributed by atoms with E-state index in [1.165, 1.54) is 6.07 Å². The zero-order valence-corrected chi connectivity index (χ0v) is 12.2. The highest BCUT2D eigenvalue weighted by Crippen LogP contribution is 2.25. The van der Waals surface area contributed by atoms with Crippen LogP contribution >= 0.6 is 0 Å². The number of hydrogen-bond donors (Lipinski definition) is 1. The van der Waals surface area contributed by atoms with Crippen molar-refractivity contribution in [2.45, 2.75) is 25.0 Å². The number of aliphatic hydroxyl groups is 1. The van der Waals surface area contributed by atoms with E-state index in [1.54, 1.807) is 6.07 Å². The molecule has 2 heterocycles. The summed E-state index contributed by atoms with van der Waals surface area (Å²) >= 11 is 0. The molecule has 1 N–H and O–H groups in total. The van der Waals surface area contributed by atoms with Gasteiger partial charge < -0.3 is 14.7 Å². The Morgan fingerprint density at radius 1 is 1.14 bits per heavy atom. The fraction of sp³-hybridized carbons (Fsp3) is 0.625. The van der Waals surface area contributed by atoms with Crippen LogP contribution in [0.15, 0.2) is 24.3 Å². The van der Waals surface area contributed by atoms with E-state index in [0.29, 0.717) is 31.5 Å². The van der Waals surface area contributed by atoms with Crippen molar-refractivity contribution < 1.29 is 14.2 Å². The topological polar surface area (TPSA) is 35.9 Å². The molecular weight excluding hydrogens is 271 g/mol. The minimum absolute atomic E-state index is 0.144. The number of piperidine rings is 1. The zero-order valence-electron chi connectivity index (χ0n) is 12.2. The lowest BCUT2D eigenvalue weighted by atomic mass is 10.0. The number of hydrogen-bond acceptors (Lipinski definition) is 4. The lowest BCUT2D eigenvalue weighted by Gasteiger charge is -2.39. The van der Waals surface area contributed by atoms with E-state index in [9.17, 15) is 9.50 Å². The summed E-state index contributed by atoms with van der Waals surface area (Å²) in [5.74, 6) is -0.144. The maximum Gasteiger partial charge on any atom is 0.146 e. The Labute approximate surface area is 125 Å².